The normalized spacial score (nSPS) is 5.69. The monoisotopic (exact) mass is 1200 g/mol. The SMILES string of the molecule is [La+3].[Nb+5].[O]=[Ti]([O-])[O-].[O]=[Ti]([O-])[O-].[O]=[Ti]([O-])[O-].[O]=[Ti]([O-])[O-].[O]=[Ti]([O-])[O-].[O]=[Ti]([O-])[O-].[O]=[Ti]([O-])[O-].[Pb+2].[Zr+4]. The van der Waals surface area contributed by atoms with Gasteiger partial charge in [0.15, 0.2) is 0 Å². The minimum Gasteiger partial charge on any atom is 2.00 e. The molecule has 0 rings (SSSR count). The first-order valence-electron chi connectivity index (χ1n) is 4.29. The van der Waals surface area contributed by atoms with E-state index in [0.717, 1.165) is 0 Å². The molecule has 170 valence electrons. The van der Waals surface area contributed by atoms with E-state index in [1.54, 1.807) is 0 Å². The predicted molar refractivity (Wildman–Crippen MR) is 10.6 cm³/mol. The van der Waals surface area contributed by atoms with Crippen molar-refractivity contribution in [2.24, 2.45) is 0 Å². The van der Waals surface area contributed by atoms with Crippen LogP contribution in [0, 0.1) is 35.6 Å². The zero-order valence-corrected chi connectivity index (χ0v) is 37.2. The van der Waals surface area contributed by atoms with Gasteiger partial charge in [0.25, 0.3) is 0 Å². The molecule has 32 heavy (non-hydrogen) atoms. The van der Waals surface area contributed by atoms with Crippen LogP contribution in [0.1, 0.15) is 0 Å². The molecular weight excluding hydrogens is 1200 g/mol. The van der Waals surface area contributed by atoms with E-state index in [1.807, 2.05) is 0 Å². The van der Waals surface area contributed by atoms with Gasteiger partial charge in [-0.1, -0.05) is 0 Å². The van der Waals surface area contributed by atoms with Gasteiger partial charge in [0.05, 0.1) is 0 Å². The molecule has 0 saturated heterocycles. The van der Waals surface area contributed by atoms with E-state index in [-0.39, 0.29) is 111 Å². The zero-order chi connectivity index (χ0) is 25.0. The molecule has 0 aromatic carbocycles. The molecular formula is LaNbO21PbTi7Zr. The molecule has 0 aliphatic carbocycles. The summed E-state index contributed by atoms with van der Waals surface area (Å²) in [6.45, 7) is 0. The summed E-state index contributed by atoms with van der Waals surface area (Å²) in [5, 5.41) is 0. The Morgan fingerprint density at radius 1 is 0.312 bits per heavy atom. The van der Waals surface area contributed by atoms with Gasteiger partial charge in [0.2, 0.25) is 0 Å². The maximum absolute atomic E-state index is 8.58. The minimum absolute atomic E-state index is 0. The molecule has 0 aliphatic heterocycles. The minimum atomic E-state index is -4.08. The first kappa shape index (κ1) is 71.7. The Morgan fingerprint density at radius 2 is 0.312 bits per heavy atom. The van der Waals surface area contributed by atoms with Crippen molar-refractivity contribution in [2.45, 2.75) is 0 Å². The molecule has 0 unspecified atom stereocenters. The molecule has 0 aromatic rings. The van der Waals surface area contributed by atoms with E-state index in [1.165, 1.54) is 0 Å². The van der Waals surface area contributed by atoms with E-state index < -0.39 is 130 Å². The van der Waals surface area contributed by atoms with E-state index in [9.17, 15) is 0 Å². The summed E-state index contributed by atoms with van der Waals surface area (Å²) in [5.41, 5.74) is 0. The van der Waals surface area contributed by atoms with Gasteiger partial charge in [-0.3, -0.25) is 0 Å². The van der Waals surface area contributed by atoms with Crippen molar-refractivity contribution in [3.05, 3.63) is 0 Å². The van der Waals surface area contributed by atoms with Gasteiger partial charge in [-0.25, -0.2) is 0 Å². The Hall–Kier alpha value is 6.78. The Balaban J connectivity index is -0.0000000175. The van der Waals surface area contributed by atoms with Gasteiger partial charge in [-0.2, -0.15) is 0 Å². The van der Waals surface area contributed by atoms with Crippen molar-refractivity contribution in [3.63, 3.8) is 0 Å². The molecule has 0 heterocycles. The van der Waals surface area contributed by atoms with Crippen LogP contribution in [-0.4, -0.2) is 27.3 Å². The average molecular weight is 1200 g/mol. The van der Waals surface area contributed by atoms with E-state index in [0.29, 0.717) is 0 Å². The van der Waals surface area contributed by atoms with Crippen LogP contribution in [0.5, 0.6) is 0 Å². The zero-order valence-electron chi connectivity index (χ0n) is 14.1. The van der Waals surface area contributed by atoms with Gasteiger partial charge < -0.3 is 0 Å². The summed E-state index contributed by atoms with van der Waals surface area (Å²) in [5.74, 6) is 0. The third-order valence-electron chi connectivity index (χ3n) is 0. The Labute approximate surface area is 309 Å². The van der Waals surface area contributed by atoms with Crippen LogP contribution >= 0.6 is 0 Å². The molecule has 0 aliphatic rings. The Morgan fingerprint density at radius 3 is 0.312 bits per heavy atom. The maximum atomic E-state index is 8.58. The van der Waals surface area contributed by atoms with Gasteiger partial charge >= 0.3 is 317 Å². The fraction of sp³-hybridized carbons (Fsp3) is 0. The quantitative estimate of drug-likeness (QED) is 0.203. The van der Waals surface area contributed by atoms with Crippen LogP contribution in [0.4, 0.5) is 0 Å². The second-order valence-electron chi connectivity index (χ2n) is 1.75. The summed E-state index contributed by atoms with van der Waals surface area (Å²) in [7, 11) is 0. The Kier molecular flexibility index (Phi) is 148. The molecule has 0 saturated carbocycles. The molecule has 32 heteroatoms. The largest absolute Gasteiger partial charge is 4.00 e. The van der Waals surface area contributed by atoms with Crippen molar-refractivity contribution in [2.75, 3.05) is 0 Å². The summed E-state index contributed by atoms with van der Waals surface area (Å²) in [6.07, 6.45) is 0. The third kappa shape index (κ3) is 1020. The van der Waals surface area contributed by atoms with Crippen molar-refractivity contribution < 1.29 is 289 Å². The predicted octanol–water partition coefficient (Wildman–Crippen LogP) is -17.9. The fourth-order valence-corrected chi connectivity index (χ4v) is 0. The van der Waals surface area contributed by atoms with Gasteiger partial charge in [0.1, 0.15) is 0 Å². The van der Waals surface area contributed by atoms with E-state index in [2.05, 4.69) is 0 Å². The second kappa shape index (κ2) is 66.2. The van der Waals surface area contributed by atoms with Crippen LogP contribution in [-0.2, 0) is 202 Å². The average Bonchev–Trinajstić information content (AvgIpc) is 2.20. The van der Waals surface area contributed by atoms with Crippen molar-refractivity contribution >= 4 is 27.3 Å². The number of hydrogen-bond acceptors (Lipinski definition) is 21. The summed E-state index contributed by atoms with van der Waals surface area (Å²) < 4.78 is 180. The molecule has 0 spiro atoms. The standard InChI is InChI=1S/La.Nb.21O.Pb.7Ti.Zr/q+3;+5;;;;;;;;14*-1;+2;;;;;;;;+4. The summed E-state index contributed by atoms with van der Waals surface area (Å²) in [6, 6.07) is 0. The van der Waals surface area contributed by atoms with Crippen LogP contribution < -0.4 is 51.6 Å². The molecule has 0 atom stereocenters. The van der Waals surface area contributed by atoms with Gasteiger partial charge in [0, 0.05) is 0 Å². The van der Waals surface area contributed by atoms with E-state index in [4.69, 9.17) is 74.9 Å². The molecule has 2 radical (unpaired) electrons. The fourth-order valence-electron chi connectivity index (χ4n) is 0. The first-order valence-corrected chi connectivity index (χ1v) is 17.7. The van der Waals surface area contributed by atoms with E-state index >= 15 is 0 Å². The molecule has 0 bridgehead atoms. The molecule has 0 aromatic heterocycles. The van der Waals surface area contributed by atoms with Crippen molar-refractivity contribution in [1.29, 1.82) is 0 Å². The van der Waals surface area contributed by atoms with Crippen LogP contribution in [0.3, 0.4) is 0 Å². The topological polar surface area (TPSA) is 442 Å². The van der Waals surface area contributed by atoms with Crippen molar-refractivity contribution in [1.82, 2.24) is 0 Å². The van der Waals surface area contributed by atoms with Gasteiger partial charge in [-0.05, 0) is 0 Å². The molecule has 0 N–H and O–H groups in total. The Bertz CT molecular complexity index is 327. The van der Waals surface area contributed by atoms with Crippen molar-refractivity contribution in [3.8, 4) is 0 Å². The maximum Gasteiger partial charge on any atom is 4.00 e. The second-order valence-corrected chi connectivity index (χ2v) is 7.22. The number of hydrogen-bond donors (Lipinski definition) is 0. The number of rotatable bonds is 0. The summed E-state index contributed by atoms with van der Waals surface area (Å²) >= 11 is -28.6. The molecule has 21 nitrogen and oxygen atoms in total. The first-order chi connectivity index (χ1) is 12.1. The third-order valence-corrected chi connectivity index (χ3v) is 0. The van der Waals surface area contributed by atoms with Crippen LogP contribution in [0.15, 0.2) is 0 Å². The van der Waals surface area contributed by atoms with Crippen LogP contribution in [0.2, 0.25) is 0 Å². The molecule has 0 amide bonds. The van der Waals surface area contributed by atoms with Gasteiger partial charge in [-0.15, -0.1) is 0 Å². The molecule has 0 fully saturated rings. The summed E-state index contributed by atoms with van der Waals surface area (Å²) in [4.78, 5) is 0. The van der Waals surface area contributed by atoms with Crippen LogP contribution in [0.25, 0.3) is 0 Å². The smallest absolute Gasteiger partial charge is 2.00 e.